The minimum absolute atomic E-state index is 0.217. The second kappa shape index (κ2) is 5.43. The van der Waals surface area contributed by atoms with Crippen molar-refractivity contribution in [1.82, 2.24) is 14.5 Å². The number of ether oxygens (including phenoxy) is 1. The van der Waals surface area contributed by atoms with Crippen LogP contribution in [0.5, 0.6) is 0 Å². The van der Waals surface area contributed by atoms with Crippen LogP contribution in [0.4, 0.5) is 4.39 Å². The van der Waals surface area contributed by atoms with Gasteiger partial charge in [0.05, 0.1) is 29.6 Å². The predicted octanol–water partition coefficient (Wildman–Crippen LogP) is 2.48. The van der Waals surface area contributed by atoms with Crippen LogP contribution in [0.1, 0.15) is 52.3 Å². The number of aromatic nitrogens is 2. The van der Waals surface area contributed by atoms with Crippen LogP contribution in [-0.2, 0) is 4.74 Å². The fraction of sp³-hybridized carbons (Fsp3) is 0.353. The first-order valence-electron chi connectivity index (χ1n) is 7.97. The molecule has 0 radical (unpaired) electrons. The minimum atomic E-state index is -0.504. The highest BCUT2D eigenvalue weighted by Gasteiger charge is 2.40. The standard InChI is InChI=1S/C17H16FN3O3/c1-2-24-17(23)14-15-13-4-3-7-20(13)16(22)11-8-10(18)5-6-12(11)21(15)9-19-14/h5-6,8-9,13H,2-4,7H2,1H3/t13-/m0/s1. The quantitative estimate of drug-likeness (QED) is 0.794. The summed E-state index contributed by atoms with van der Waals surface area (Å²) in [4.78, 5) is 31.0. The van der Waals surface area contributed by atoms with E-state index < -0.39 is 11.8 Å². The summed E-state index contributed by atoms with van der Waals surface area (Å²) < 4.78 is 20.5. The maximum absolute atomic E-state index is 13.7. The summed E-state index contributed by atoms with van der Waals surface area (Å²) in [7, 11) is 0. The van der Waals surface area contributed by atoms with Crippen molar-refractivity contribution >= 4 is 11.9 Å². The van der Waals surface area contributed by atoms with E-state index >= 15 is 0 Å². The molecule has 0 unspecified atom stereocenters. The van der Waals surface area contributed by atoms with Crippen molar-refractivity contribution in [2.45, 2.75) is 25.8 Å². The van der Waals surface area contributed by atoms with Crippen molar-refractivity contribution in [3.05, 3.63) is 47.3 Å². The van der Waals surface area contributed by atoms with E-state index in [9.17, 15) is 14.0 Å². The molecule has 4 rings (SSSR count). The van der Waals surface area contributed by atoms with Crippen LogP contribution in [0, 0.1) is 5.82 Å². The maximum Gasteiger partial charge on any atom is 0.358 e. The van der Waals surface area contributed by atoms with Crippen LogP contribution in [0.15, 0.2) is 24.5 Å². The number of hydrogen-bond acceptors (Lipinski definition) is 4. The third kappa shape index (κ3) is 2.04. The van der Waals surface area contributed by atoms with Crippen LogP contribution < -0.4 is 0 Å². The van der Waals surface area contributed by atoms with E-state index in [1.54, 1.807) is 22.5 Å². The van der Waals surface area contributed by atoms with Gasteiger partial charge in [-0.1, -0.05) is 0 Å². The lowest BCUT2D eigenvalue weighted by atomic mass is 10.1. The number of esters is 1. The van der Waals surface area contributed by atoms with Gasteiger partial charge in [0.2, 0.25) is 0 Å². The van der Waals surface area contributed by atoms with E-state index in [1.807, 2.05) is 0 Å². The van der Waals surface area contributed by atoms with Crippen LogP contribution in [0.2, 0.25) is 0 Å². The molecule has 0 saturated carbocycles. The zero-order chi connectivity index (χ0) is 16.8. The summed E-state index contributed by atoms with van der Waals surface area (Å²) in [5.74, 6) is -1.19. The van der Waals surface area contributed by atoms with Gasteiger partial charge < -0.3 is 9.64 Å². The Balaban J connectivity index is 1.96. The summed E-state index contributed by atoms with van der Waals surface area (Å²) in [5, 5.41) is 0. The molecule has 2 aliphatic heterocycles. The van der Waals surface area contributed by atoms with Crippen molar-refractivity contribution in [3.8, 4) is 5.69 Å². The van der Waals surface area contributed by atoms with Gasteiger partial charge in [-0.05, 0) is 38.0 Å². The predicted molar refractivity (Wildman–Crippen MR) is 82.5 cm³/mol. The van der Waals surface area contributed by atoms with Crippen LogP contribution >= 0.6 is 0 Å². The molecule has 7 heteroatoms. The smallest absolute Gasteiger partial charge is 0.358 e. The van der Waals surface area contributed by atoms with E-state index in [0.717, 1.165) is 12.8 Å². The molecule has 1 aromatic carbocycles. The Hall–Kier alpha value is -2.70. The van der Waals surface area contributed by atoms with E-state index in [2.05, 4.69) is 4.98 Å². The van der Waals surface area contributed by atoms with E-state index in [4.69, 9.17) is 4.74 Å². The molecular formula is C17H16FN3O3. The lowest BCUT2D eigenvalue weighted by Crippen LogP contribution is -2.30. The van der Waals surface area contributed by atoms with Gasteiger partial charge in [0.25, 0.3) is 5.91 Å². The van der Waals surface area contributed by atoms with Gasteiger partial charge in [-0.25, -0.2) is 14.2 Å². The number of halogens is 1. The zero-order valence-electron chi connectivity index (χ0n) is 13.2. The average Bonchev–Trinajstić information content (AvgIpc) is 3.18. The number of rotatable bonds is 2. The highest BCUT2D eigenvalue weighted by molar-refractivity contribution is 5.99. The second-order valence-corrected chi connectivity index (χ2v) is 5.89. The Bertz CT molecular complexity index is 846. The molecule has 3 heterocycles. The van der Waals surface area contributed by atoms with Crippen LogP contribution in [0.3, 0.4) is 0 Å². The van der Waals surface area contributed by atoms with Gasteiger partial charge >= 0.3 is 5.97 Å². The first-order valence-corrected chi connectivity index (χ1v) is 7.97. The fourth-order valence-corrected chi connectivity index (χ4v) is 3.56. The largest absolute Gasteiger partial charge is 0.461 e. The molecule has 1 aromatic heterocycles. The highest BCUT2D eigenvalue weighted by atomic mass is 19.1. The molecule has 1 amide bonds. The SMILES string of the molecule is CCOC(=O)c1ncn2c1[C@@H]1CCCN1C(=O)c1cc(F)ccc1-2. The Morgan fingerprint density at radius 3 is 3.08 bits per heavy atom. The number of amides is 1. The lowest BCUT2D eigenvalue weighted by molar-refractivity contribution is 0.0513. The Labute approximate surface area is 137 Å². The molecule has 1 fully saturated rings. The number of nitrogens with zero attached hydrogens (tertiary/aromatic N) is 3. The van der Waals surface area contributed by atoms with Crippen LogP contribution in [0.25, 0.3) is 5.69 Å². The molecule has 1 atom stereocenters. The average molecular weight is 329 g/mol. The van der Waals surface area contributed by atoms with Gasteiger partial charge in [0.1, 0.15) is 12.1 Å². The minimum Gasteiger partial charge on any atom is -0.461 e. The van der Waals surface area contributed by atoms with Crippen molar-refractivity contribution < 1.29 is 18.7 Å². The van der Waals surface area contributed by atoms with E-state index in [0.29, 0.717) is 17.9 Å². The lowest BCUT2D eigenvalue weighted by Gasteiger charge is -2.22. The van der Waals surface area contributed by atoms with Gasteiger partial charge in [-0.15, -0.1) is 0 Å². The normalized spacial score (nSPS) is 18.7. The van der Waals surface area contributed by atoms with Crippen LogP contribution in [-0.4, -0.2) is 39.5 Å². The monoisotopic (exact) mass is 329 g/mol. The van der Waals surface area contributed by atoms with Crippen molar-refractivity contribution in [2.75, 3.05) is 13.2 Å². The van der Waals surface area contributed by atoms with E-state index in [-0.39, 0.29) is 29.8 Å². The Morgan fingerprint density at radius 1 is 1.46 bits per heavy atom. The Morgan fingerprint density at radius 2 is 2.29 bits per heavy atom. The fourth-order valence-electron chi connectivity index (χ4n) is 3.56. The van der Waals surface area contributed by atoms with Gasteiger partial charge in [-0.3, -0.25) is 9.36 Å². The van der Waals surface area contributed by atoms with Gasteiger partial charge in [0.15, 0.2) is 5.69 Å². The molecule has 0 spiro atoms. The summed E-state index contributed by atoms with van der Waals surface area (Å²) in [6.07, 6.45) is 3.07. The number of carbonyl (C=O) groups excluding carboxylic acids is 2. The Kier molecular flexibility index (Phi) is 3.37. The number of fused-ring (bicyclic) bond motifs is 5. The summed E-state index contributed by atoms with van der Waals surface area (Å²) >= 11 is 0. The van der Waals surface area contributed by atoms with E-state index in [1.165, 1.54) is 18.5 Å². The molecule has 2 aromatic rings. The first kappa shape index (κ1) is 14.9. The highest BCUT2D eigenvalue weighted by Crippen LogP contribution is 2.39. The third-order valence-electron chi connectivity index (χ3n) is 4.55. The molecule has 0 N–H and O–H groups in total. The molecule has 124 valence electrons. The second-order valence-electron chi connectivity index (χ2n) is 5.89. The molecule has 0 aliphatic carbocycles. The number of hydrogen-bond donors (Lipinski definition) is 0. The topological polar surface area (TPSA) is 64.4 Å². The first-order chi connectivity index (χ1) is 11.6. The molecule has 6 nitrogen and oxygen atoms in total. The molecule has 24 heavy (non-hydrogen) atoms. The number of benzene rings is 1. The molecule has 2 aliphatic rings. The van der Waals surface area contributed by atoms with Gasteiger partial charge in [-0.2, -0.15) is 0 Å². The summed E-state index contributed by atoms with van der Waals surface area (Å²) in [6, 6.07) is 3.84. The van der Waals surface area contributed by atoms with Crippen molar-refractivity contribution in [2.24, 2.45) is 0 Å². The zero-order valence-corrected chi connectivity index (χ0v) is 13.2. The summed E-state index contributed by atoms with van der Waals surface area (Å²) in [6.45, 7) is 2.56. The van der Waals surface area contributed by atoms with Crippen molar-refractivity contribution in [3.63, 3.8) is 0 Å². The molecule has 0 bridgehead atoms. The van der Waals surface area contributed by atoms with Crippen molar-refractivity contribution in [1.29, 1.82) is 0 Å². The third-order valence-corrected chi connectivity index (χ3v) is 4.55. The van der Waals surface area contributed by atoms with Gasteiger partial charge in [0, 0.05) is 6.54 Å². The number of carbonyl (C=O) groups is 2. The number of imidazole rings is 1. The summed E-state index contributed by atoms with van der Waals surface area (Å²) in [5.41, 5.74) is 1.69. The molecule has 1 saturated heterocycles. The maximum atomic E-state index is 13.7. The molecular weight excluding hydrogens is 313 g/mol.